The highest BCUT2D eigenvalue weighted by atomic mass is 79.9. The van der Waals surface area contributed by atoms with Gasteiger partial charge in [0.1, 0.15) is 17.2 Å². The second-order valence-electron chi connectivity index (χ2n) is 4.47. The third-order valence-corrected chi connectivity index (χ3v) is 5.64. The number of hydrogen-bond donors (Lipinski definition) is 0. The van der Waals surface area contributed by atoms with Gasteiger partial charge in [0.05, 0.1) is 31.7 Å². The van der Waals surface area contributed by atoms with Crippen molar-refractivity contribution in [3.05, 3.63) is 39.6 Å². The molecule has 0 aliphatic carbocycles. The van der Waals surface area contributed by atoms with E-state index in [0.29, 0.717) is 5.75 Å². The number of methoxy groups -OCH3 is 3. The van der Waals surface area contributed by atoms with Crippen molar-refractivity contribution in [1.82, 2.24) is 0 Å². The molecule has 0 N–H and O–H groups in total. The van der Waals surface area contributed by atoms with Gasteiger partial charge in [-0.2, -0.15) is 0 Å². The van der Waals surface area contributed by atoms with E-state index in [9.17, 15) is 0 Å². The van der Waals surface area contributed by atoms with Gasteiger partial charge in [-0.15, -0.1) is 11.3 Å². The van der Waals surface area contributed by atoms with Gasteiger partial charge in [-0.05, 0) is 23.4 Å². The molecule has 0 radical (unpaired) electrons. The molecule has 0 amide bonds. The average molecular weight is 371 g/mol. The summed E-state index contributed by atoms with van der Waals surface area (Å²) >= 11 is 5.54. The van der Waals surface area contributed by atoms with Gasteiger partial charge in [0.25, 0.3) is 0 Å². The lowest BCUT2D eigenvalue weighted by Crippen LogP contribution is -2.02. The number of benzene rings is 1. The first-order chi connectivity index (χ1) is 10.2. The van der Waals surface area contributed by atoms with Gasteiger partial charge in [-0.1, -0.05) is 22.9 Å². The van der Waals surface area contributed by atoms with Crippen LogP contribution in [0.4, 0.5) is 0 Å². The van der Waals surface area contributed by atoms with E-state index in [1.807, 2.05) is 12.1 Å². The predicted octanol–water partition coefficient (Wildman–Crippen LogP) is 4.82. The molecule has 1 heterocycles. The minimum absolute atomic E-state index is 0.0308. The summed E-state index contributed by atoms with van der Waals surface area (Å²) in [5.41, 5.74) is 2.32. The molecule has 21 heavy (non-hydrogen) atoms. The summed E-state index contributed by atoms with van der Waals surface area (Å²) in [7, 11) is 4.95. The fourth-order valence-electron chi connectivity index (χ4n) is 2.28. The third-order valence-electron chi connectivity index (χ3n) is 3.40. The Kier molecular flexibility index (Phi) is 5.53. The van der Waals surface area contributed by atoms with E-state index in [0.717, 1.165) is 23.5 Å². The van der Waals surface area contributed by atoms with Gasteiger partial charge >= 0.3 is 0 Å². The lowest BCUT2D eigenvalue weighted by molar-refractivity contribution is 0.370. The number of alkyl halides is 1. The quantitative estimate of drug-likeness (QED) is 0.682. The Labute approximate surface area is 138 Å². The topological polar surface area (TPSA) is 27.7 Å². The lowest BCUT2D eigenvalue weighted by Gasteiger charge is -2.19. The van der Waals surface area contributed by atoms with Crippen molar-refractivity contribution in [2.24, 2.45) is 0 Å². The van der Waals surface area contributed by atoms with Gasteiger partial charge in [-0.25, -0.2) is 0 Å². The van der Waals surface area contributed by atoms with Crippen LogP contribution in [0.1, 0.15) is 27.8 Å². The Morgan fingerprint density at radius 1 is 1.10 bits per heavy atom. The fourth-order valence-corrected chi connectivity index (χ4v) is 4.32. The smallest absolute Gasteiger partial charge is 0.130 e. The van der Waals surface area contributed by atoms with Gasteiger partial charge in [0, 0.05) is 17.0 Å². The van der Waals surface area contributed by atoms with E-state index in [1.165, 1.54) is 10.4 Å². The number of thiophene rings is 1. The Morgan fingerprint density at radius 3 is 2.19 bits per heavy atom. The van der Waals surface area contributed by atoms with Crippen LogP contribution >= 0.6 is 27.3 Å². The molecule has 0 fully saturated rings. The minimum Gasteiger partial charge on any atom is -0.496 e. The summed E-state index contributed by atoms with van der Waals surface area (Å²) in [6.07, 6.45) is 1.00. The van der Waals surface area contributed by atoms with Crippen LogP contribution in [-0.2, 0) is 6.42 Å². The molecule has 3 nitrogen and oxygen atoms in total. The molecule has 0 saturated carbocycles. The second kappa shape index (κ2) is 7.18. The minimum atomic E-state index is 0.0308. The van der Waals surface area contributed by atoms with E-state index in [1.54, 1.807) is 32.7 Å². The van der Waals surface area contributed by atoms with Crippen LogP contribution in [0.2, 0.25) is 0 Å². The molecule has 1 aromatic heterocycles. The highest BCUT2D eigenvalue weighted by molar-refractivity contribution is 9.09. The first kappa shape index (κ1) is 16.2. The Bertz CT molecular complexity index is 584. The van der Waals surface area contributed by atoms with Crippen LogP contribution in [0, 0.1) is 0 Å². The van der Waals surface area contributed by atoms with Crippen LogP contribution in [0.25, 0.3) is 0 Å². The maximum Gasteiger partial charge on any atom is 0.130 e. The predicted molar refractivity (Wildman–Crippen MR) is 90.6 cm³/mol. The third kappa shape index (κ3) is 3.19. The van der Waals surface area contributed by atoms with Gasteiger partial charge < -0.3 is 14.2 Å². The molecule has 1 atom stereocenters. The van der Waals surface area contributed by atoms with Crippen molar-refractivity contribution in [3.8, 4) is 17.2 Å². The van der Waals surface area contributed by atoms with E-state index < -0.39 is 0 Å². The molecule has 0 aliphatic heterocycles. The molecule has 2 aromatic rings. The van der Waals surface area contributed by atoms with Crippen molar-refractivity contribution in [2.75, 3.05) is 21.3 Å². The molecule has 0 saturated heterocycles. The normalized spacial score (nSPS) is 12.0. The van der Waals surface area contributed by atoms with Crippen molar-refractivity contribution in [2.45, 2.75) is 18.2 Å². The molecule has 114 valence electrons. The SMILES string of the molecule is CCc1ccsc1C(Br)c1c(OC)cc(OC)cc1OC. The molecule has 1 unspecified atom stereocenters. The zero-order valence-electron chi connectivity index (χ0n) is 12.6. The summed E-state index contributed by atoms with van der Waals surface area (Å²) in [6.45, 7) is 2.16. The standard InChI is InChI=1S/C16H19BrO3S/c1-5-10-6-7-21-16(10)15(17)14-12(19-3)8-11(18-2)9-13(14)20-4/h6-9,15H,5H2,1-4H3. The number of halogens is 1. The highest BCUT2D eigenvalue weighted by Gasteiger charge is 2.24. The zero-order chi connectivity index (χ0) is 15.4. The summed E-state index contributed by atoms with van der Waals surface area (Å²) in [5, 5.41) is 2.12. The van der Waals surface area contributed by atoms with Crippen LogP contribution in [0.5, 0.6) is 17.2 Å². The van der Waals surface area contributed by atoms with Gasteiger partial charge in [0.2, 0.25) is 0 Å². The van der Waals surface area contributed by atoms with E-state index in [-0.39, 0.29) is 4.83 Å². The van der Waals surface area contributed by atoms with E-state index >= 15 is 0 Å². The largest absolute Gasteiger partial charge is 0.496 e. The maximum absolute atomic E-state index is 5.54. The Balaban J connectivity index is 2.56. The van der Waals surface area contributed by atoms with E-state index in [2.05, 4.69) is 34.3 Å². The highest BCUT2D eigenvalue weighted by Crippen LogP contribution is 2.46. The molecule has 2 rings (SSSR count). The molecular formula is C16H19BrO3S. The van der Waals surface area contributed by atoms with Crippen LogP contribution < -0.4 is 14.2 Å². The van der Waals surface area contributed by atoms with Crippen LogP contribution in [0.15, 0.2) is 23.6 Å². The molecule has 0 bridgehead atoms. The van der Waals surface area contributed by atoms with E-state index in [4.69, 9.17) is 14.2 Å². The molecule has 5 heteroatoms. The monoisotopic (exact) mass is 370 g/mol. The average Bonchev–Trinajstić information content (AvgIpc) is 3.01. The second-order valence-corrected chi connectivity index (χ2v) is 6.34. The number of aryl methyl sites for hydroxylation is 1. The Morgan fingerprint density at radius 2 is 1.71 bits per heavy atom. The molecule has 0 aliphatic rings. The van der Waals surface area contributed by atoms with Crippen molar-refractivity contribution in [1.29, 1.82) is 0 Å². The Hall–Kier alpha value is -1.20. The van der Waals surface area contributed by atoms with Crippen LogP contribution in [0.3, 0.4) is 0 Å². The lowest BCUT2D eigenvalue weighted by atomic mass is 10.0. The van der Waals surface area contributed by atoms with Gasteiger partial charge in [-0.3, -0.25) is 0 Å². The number of ether oxygens (including phenoxy) is 3. The van der Waals surface area contributed by atoms with Gasteiger partial charge in [0.15, 0.2) is 0 Å². The molecular weight excluding hydrogens is 352 g/mol. The summed E-state index contributed by atoms with van der Waals surface area (Å²) in [4.78, 5) is 1.31. The molecule has 1 aromatic carbocycles. The van der Waals surface area contributed by atoms with Crippen molar-refractivity contribution >= 4 is 27.3 Å². The first-order valence-corrected chi connectivity index (χ1v) is 8.46. The summed E-state index contributed by atoms with van der Waals surface area (Å²) in [5.74, 6) is 2.22. The molecule has 0 spiro atoms. The summed E-state index contributed by atoms with van der Waals surface area (Å²) < 4.78 is 16.4. The first-order valence-electron chi connectivity index (χ1n) is 6.66. The summed E-state index contributed by atoms with van der Waals surface area (Å²) in [6, 6.07) is 5.92. The van der Waals surface area contributed by atoms with Crippen LogP contribution in [-0.4, -0.2) is 21.3 Å². The number of rotatable bonds is 6. The zero-order valence-corrected chi connectivity index (χ0v) is 15.0. The number of hydrogen-bond acceptors (Lipinski definition) is 4. The van der Waals surface area contributed by atoms with Crippen molar-refractivity contribution in [3.63, 3.8) is 0 Å². The fraction of sp³-hybridized carbons (Fsp3) is 0.375. The van der Waals surface area contributed by atoms with Crippen molar-refractivity contribution < 1.29 is 14.2 Å². The maximum atomic E-state index is 5.54.